The fraction of sp³-hybridized carbons (Fsp3) is 0.200. The lowest BCUT2D eigenvalue weighted by atomic mass is 9.95. The Kier molecular flexibility index (Phi) is 5.04. The highest BCUT2D eigenvalue weighted by atomic mass is 14.1. The molecule has 1 aromatic rings. The summed E-state index contributed by atoms with van der Waals surface area (Å²) in [7, 11) is 0. The van der Waals surface area contributed by atoms with Crippen LogP contribution in [0.3, 0.4) is 0 Å². The van der Waals surface area contributed by atoms with Gasteiger partial charge in [0, 0.05) is 5.92 Å². The second-order valence-electron chi connectivity index (χ2n) is 3.30. The predicted octanol–water partition coefficient (Wildman–Crippen LogP) is 3.93. The Labute approximate surface area is 92.3 Å². The van der Waals surface area contributed by atoms with Gasteiger partial charge in [0.1, 0.15) is 0 Å². The van der Waals surface area contributed by atoms with Crippen LogP contribution < -0.4 is 0 Å². The van der Waals surface area contributed by atoms with E-state index in [0.717, 1.165) is 6.42 Å². The van der Waals surface area contributed by atoms with Crippen LogP contribution in [0, 0.1) is 11.8 Å². The van der Waals surface area contributed by atoms with Crippen LogP contribution in [0.25, 0.3) is 0 Å². The van der Waals surface area contributed by atoms with Crippen LogP contribution in [0.1, 0.15) is 24.8 Å². The van der Waals surface area contributed by atoms with E-state index in [1.165, 1.54) is 5.56 Å². The van der Waals surface area contributed by atoms with Crippen molar-refractivity contribution in [2.45, 2.75) is 19.3 Å². The zero-order valence-corrected chi connectivity index (χ0v) is 9.11. The Morgan fingerprint density at radius 2 is 2.07 bits per heavy atom. The third-order valence-electron chi connectivity index (χ3n) is 2.20. The molecule has 0 aliphatic rings. The molecule has 15 heavy (non-hydrogen) atoms. The molecule has 76 valence electrons. The smallest absolute Gasteiger partial charge is 0.00617 e. The molecule has 1 aromatic carbocycles. The number of rotatable bonds is 4. The van der Waals surface area contributed by atoms with Gasteiger partial charge in [-0.2, -0.15) is 0 Å². The summed E-state index contributed by atoms with van der Waals surface area (Å²) in [5.41, 5.74) is 1.31. The van der Waals surface area contributed by atoms with Crippen LogP contribution in [0.15, 0.2) is 55.1 Å². The van der Waals surface area contributed by atoms with E-state index in [4.69, 9.17) is 0 Å². The van der Waals surface area contributed by atoms with Crippen molar-refractivity contribution in [1.82, 2.24) is 0 Å². The molecular weight excluding hydrogens is 180 g/mol. The van der Waals surface area contributed by atoms with Crippen molar-refractivity contribution in [3.63, 3.8) is 0 Å². The van der Waals surface area contributed by atoms with Crippen LogP contribution in [0.4, 0.5) is 0 Å². The molecule has 0 nitrogen and oxygen atoms in total. The van der Waals surface area contributed by atoms with Crippen molar-refractivity contribution in [1.29, 1.82) is 0 Å². The molecule has 0 heteroatoms. The second-order valence-corrected chi connectivity index (χ2v) is 3.30. The topological polar surface area (TPSA) is 0 Å². The first-order valence-corrected chi connectivity index (χ1v) is 5.13. The van der Waals surface area contributed by atoms with E-state index in [1.807, 2.05) is 25.1 Å². The Bertz CT molecular complexity index is 373. The first-order chi connectivity index (χ1) is 7.38. The van der Waals surface area contributed by atoms with E-state index < -0.39 is 0 Å². The summed E-state index contributed by atoms with van der Waals surface area (Å²) in [5, 5.41) is 0. The van der Waals surface area contributed by atoms with Crippen LogP contribution in [0.2, 0.25) is 0 Å². The molecule has 0 aliphatic heterocycles. The monoisotopic (exact) mass is 196 g/mol. The highest BCUT2D eigenvalue weighted by Crippen LogP contribution is 2.20. The number of allylic oxidation sites excluding steroid dienone is 3. The van der Waals surface area contributed by atoms with Gasteiger partial charge < -0.3 is 0 Å². The molecule has 0 N–H and O–H groups in total. The second kappa shape index (κ2) is 6.68. The lowest BCUT2D eigenvalue weighted by Crippen LogP contribution is -1.92. The van der Waals surface area contributed by atoms with E-state index in [9.17, 15) is 0 Å². The van der Waals surface area contributed by atoms with Gasteiger partial charge in [-0.3, -0.25) is 0 Å². The largest absolute Gasteiger partial charge is 0.103 e. The molecule has 1 unspecified atom stereocenters. The van der Waals surface area contributed by atoms with E-state index in [1.54, 1.807) is 0 Å². The summed E-state index contributed by atoms with van der Waals surface area (Å²) in [6.07, 6.45) is 6.95. The fourth-order valence-electron chi connectivity index (χ4n) is 1.45. The van der Waals surface area contributed by atoms with Crippen LogP contribution in [0.5, 0.6) is 0 Å². The maximum absolute atomic E-state index is 3.78. The van der Waals surface area contributed by atoms with Gasteiger partial charge in [-0.1, -0.05) is 48.4 Å². The molecule has 0 radical (unpaired) electrons. The Hall–Kier alpha value is -1.74. The van der Waals surface area contributed by atoms with Gasteiger partial charge in [-0.25, -0.2) is 0 Å². The molecule has 0 spiro atoms. The maximum Gasteiger partial charge on any atom is 0.00617 e. The highest BCUT2D eigenvalue weighted by Gasteiger charge is 2.03. The molecule has 0 amide bonds. The summed E-state index contributed by atoms with van der Waals surface area (Å²) in [6, 6.07) is 10.4. The molecular formula is C15H16. The van der Waals surface area contributed by atoms with Crippen molar-refractivity contribution < 1.29 is 0 Å². The van der Waals surface area contributed by atoms with Crippen molar-refractivity contribution in [2.24, 2.45) is 0 Å². The average molecular weight is 196 g/mol. The molecule has 0 aliphatic carbocycles. The van der Waals surface area contributed by atoms with Crippen molar-refractivity contribution in [2.75, 3.05) is 0 Å². The first-order valence-electron chi connectivity index (χ1n) is 5.13. The number of benzene rings is 1. The Balaban J connectivity index is 2.81. The molecule has 0 aromatic heterocycles. The zero-order valence-electron chi connectivity index (χ0n) is 9.11. The third kappa shape index (κ3) is 3.87. The van der Waals surface area contributed by atoms with E-state index in [0.29, 0.717) is 5.92 Å². The molecule has 0 heterocycles. The summed E-state index contributed by atoms with van der Waals surface area (Å²) in [4.78, 5) is 0. The van der Waals surface area contributed by atoms with Crippen LogP contribution in [-0.4, -0.2) is 0 Å². The summed E-state index contributed by atoms with van der Waals surface area (Å²) < 4.78 is 0. The third-order valence-corrected chi connectivity index (χ3v) is 2.20. The average Bonchev–Trinajstić information content (AvgIpc) is 2.29. The van der Waals surface area contributed by atoms with Gasteiger partial charge in [0.05, 0.1) is 0 Å². The highest BCUT2D eigenvalue weighted by molar-refractivity contribution is 5.27. The van der Waals surface area contributed by atoms with Crippen LogP contribution >= 0.6 is 0 Å². The van der Waals surface area contributed by atoms with Gasteiger partial charge in [-0.05, 0) is 25.0 Å². The van der Waals surface area contributed by atoms with Gasteiger partial charge in [0.15, 0.2) is 0 Å². The number of hydrogen-bond acceptors (Lipinski definition) is 0. The Morgan fingerprint density at radius 1 is 1.33 bits per heavy atom. The zero-order chi connectivity index (χ0) is 10.9. The molecule has 0 saturated heterocycles. The minimum Gasteiger partial charge on any atom is -0.103 e. The van der Waals surface area contributed by atoms with Crippen molar-refractivity contribution in [3.8, 4) is 11.8 Å². The molecule has 0 fully saturated rings. The molecule has 0 bridgehead atoms. The van der Waals surface area contributed by atoms with Crippen molar-refractivity contribution >= 4 is 0 Å². The van der Waals surface area contributed by atoms with Gasteiger partial charge >= 0.3 is 0 Å². The van der Waals surface area contributed by atoms with Crippen molar-refractivity contribution in [3.05, 3.63) is 60.7 Å². The van der Waals surface area contributed by atoms with E-state index >= 15 is 0 Å². The fourth-order valence-corrected chi connectivity index (χ4v) is 1.45. The van der Waals surface area contributed by atoms with Crippen LogP contribution in [-0.2, 0) is 0 Å². The van der Waals surface area contributed by atoms with E-state index in [-0.39, 0.29) is 0 Å². The summed E-state index contributed by atoms with van der Waals surface area (Å²) in [6.45, 7) is 5.63. The minimum atomic E-state index is 0.393. The lowest BCUT2D eigenvalue weighted by Gasteiger charge is -2.09. The molecule has 1 atom stereocenters. The van der Waals surface area contributed by atoms with E-state index in [2.05, 4.69) is 48.8 Å². The quantitative estimate of drug-likeness (QED) is 0.505. The molecule has 0 saturated carbocycles. The normalized spacial score (nSPS) is 11.8. The SMILES string of the molecule is C=CCC(/C=C/C#CC)c1ccccc1. The Morgan fingerprint density at radius 3 is 2.67 bits per heavy atom. The molecule has 1 rings (SSSR count). The standard InChI is InChI=1S/C15H16/c1-3-5-7-11-14(10-4-2)15-12-8-6-9-13-15/h4,6-9,11-14H,2,10H2,1H3/b11-7+. The predicted molar refractivity (Wildman–Crippen MR) is 66.6 cm³/mol. The van der Waals surface area contributed by atoms with Gasteiger partial charge in [-0.15, -0.1) is 12.5 Å². The summed E-state index contributed by atoms with van der Waals surface area (Å²) in [5.74, 6) is 6.19. The van der Waals surface area contributed by atoms with Gasteiger partial charge in [0.2, 0.25) is 0 Å². The lowest BCUT2D eigenvalue weighted by molar-refractivity contribution is 0.866. The number of hydrogen-bond donors (Lipinski definition) is 0. The summed E-state index contributed by atoms with van der Waals surface area (Å²) >= 11 is 0. The maximum atomic E-state index is 3.78. The first kappa shape index (κ1) is 11.3. The minimum absolute atomic E-state index is 0.393. The van der Waals surface area contributed by atoms with Gasteiger partial charge in [0.25, 0.3) is 0 Å².